The molecule has 0 radical (unpaired) electrons. The highest BCUT2D eigenvalue weighted by Crippen LogP contribution is 2.35. The lowest BCUT2D eigenvalue weighted by molar-refractivity contribution is 0.306. The fraction of sp³-hybridized carbons (Fsp3) is 0.0769. The highest BCUT2D eigenvalue weighted by molar-refractivity contribution is 6.37. The normalized spacial score (nSPS) is 10.6. The van der Waals surface area contributed by atoms with Crippen molar-refractivity contribution in [2.75, 3.05) is 5.32 Å². The summed E-state index contributed by atoms with van der Waals surface area (Å²) in [6.45, 7) is 0.844. The lowest BCUT2D eigenvalue weighted by atomic mass is 10.2. The van der Waals surface area contributed by atoms with E-state index in [0.29, 0.717) is 27.4 Å². The Bertz CT molecular complexity index is 1160. The molecule has 0 bridgehead atoms. The van der Waals surface area contributed by atoms with Crippen LogP contribution in [0, 0.1) is 0 Å². The van der Waals surface area contributed by atoms with Crippen molar-refractivity contribution in [2.45, 2.75) is 13.2 Å². The molecule has 0 aliphatic carbocycles. The molecule has 0 unspecified atom stereocenters. The molecule has 0 aliphatic heterocycles. The molecule has 4 rings (SSSR count). The van der Waals surface area contributed by atoms with Crippen LogP contribution in [0.25, 0.3) is 0 Å². The SMILES string of the molecule is Clc1ccccc1COc1c(Cl)cc(CNc2ccc(Oc3ccccc3)cc2)cc1Cl. The summed E-state index contributed by atoms with van der Waals surface area (Å²) in [5.41, 5.74) is 2.76. The third-order valence-electron chi connectivity index (χ3n) is 4.72. The van der Waals surface area contributed by atoms with Gasteiger partial charge in [0, 0.05) is 22.8 Å². The monoisotopic (exact) mass is 483 g/mol. The van der Waals surface area contributed by atoms with Crippen LogP contribution in [0.4, 0.5) is 5.69 Å². The van der Waals surface area contributed by atoms with Gasteiger partial charge in [-0.25, -0.2) is 0 Å². The van der Waals surface area contributed by atoms with Crippen LogP contribution < -0.4 is 14.8 Å². The minimum Gasteiger partial charge on any atom is -0.486 e. The summed E-state index contributed by atoms with van der Waals surface area (Å²) in [5, 5.41) is 4.90. The average molecular weight is 485 g/mol. The summed E-state index contributed by atoms with van der Waals surface area (Å²) in [7, 11) is 0. The molecule has 0 fully saturated rings. The average Bonchev–Trinajstić information content (AvgIpc) is 2.80. The molecule has 3 nitrogen and oxygen atoms in total. The second kappa shape index (κ2) is 10.6. The summed E-state index contributed by atoms with van der Waals surface area (Å²) in [6, 6.07) is 28.6. The van der Waals surface area contributed by atoms with Gasteiger partial charge in [-0.2, -0.15) is 0 Å². The molecule has 4 aromatic carbocycles. The van der Waals surface area contributed by atoms with E-state index in [-0.39, 0.29) is 6.61 Å². The molecule has 0 saturated carbocycles. The van der Waals surface area contributed by atoms with Crippen LogP contribution in [0.3, 0.4) is 0 Å². The van der Waals surface area contributed by atoms with E-state index in [1.165, 1.54) is 0 Å². The van der Waals surface area contributed by atoms with E-state index in [0.717, 1.165) is 28.3 Å². The van der Waals surface area contributed by atoms with Crippen LogP contribution >= 0.6 is 34.8 Å². The topological polar surface area (TPSA) is 30.5 Å². The lowest BCUT2D eigenvalue weighted by Gasteiger charge is -2.14. The number of hydrogen-bond donors (Lipinski definition) is 1. The fourth-order valence-electron chi connectivity index (χ4n) is 3.09. The van der Waals surface area contributed by atoms with E-state index >= 15 is 0 Å². The summed E-state index contributed by atoms with van der Waals surface area (Å²) < 4.78 is 11.6. The largest absolute Gasteiger partial charge is 0.486 e. The van der Waals surface area contributed by atoms with Crippen molar-refractivity contribution in [1.82, 2.24) is 0 Å². The van der Waals surface area contributed by atoms with Crippen LogP contribution in [0.15, 0.2) is 91.0 Å². The van der Waals surface area contributed by atoms with Crippen LogP contribution in [0.2, 0.25) is 15.1 Å². The van der Waals surface area contributed by atoms with Gasteiger partial charge in [0.2, 0.25) is 0 Å². The van der Waals surface area contributed by atoms with Gasteiger partial charge >= 0.3 is 0 Å². The quantitative estimate of drug-likeness (QED) is 0.271. The van der Waals surface area contributed by atoms with Crippen molar-refractivity contribution >= 4 is 40.5 Å². The molecule has 162 valence electrons. The fourth-order valence-corrected chi connectivity index (χ4v) is 3.92. The zero-order valence-corrected chi connectivity index (χ0v) is 19.3. The van der Waals surface area contributed by atoms with Crippen molar-refractivity contribution < 1.29 is 9.47 Å². The smallest absolute Gasteiger partial charge is 0.156 e. The van der Waals surface area contributed by atoms with Gasteiger partial charge < -0.3 is 14.8 Å². The number of benzene rings is 4. The standard InChI is InChI=1S/C26H20Cl3NO2/c27-23-9-5-4-6-19(23)17-31-26-24(28)14-18(15-25(26)29)16-30-20-10-12-22(13-11-20)32-21-7-2-1-3-8-21/h1-15,30H,16-17H2. The van der Waals surface area contributed by atoms with Gasteiger partial charge in [-0.3, -0.25) is 0 Å². The lowest BCUT2D eigenvalue weighted by Crippen LogP contribution is -2.01. The first-order valence-corrected chi connectivity index (χ1v) is 11.1. The maximum Gasteiger partial charge on any atom is 0.156 e. The molecule has 0 aliphatic rings. The molecule has 0 amide bonds. The molecule has 0 aromatic heterocycles. The van der Waals surface area contributed by atoms with E-state index in [1.54, 1.807) is 0 Å². The number of nitrogens with one attached hydrogen (secondary N) is 1. The Balaban J connectivity index is 1.36. The van der Waals surface area contributed by atoms with Crippen LogP contribution in [-0.2, 0) is 13.2 Å². The van der Waals surface area contributed by atoms with E-state index in [9.17, 15) is 0 Å². The second-order valence-corrected chi connectivity index (χ2v) is 8.28. The van der Waals surface area contributed by atoms with Crippen molar-refractivity contribution in [3.63, 3.8) is 0 Å². The van der Waals surface area contributed by atoms with Gasteiger partial charge in [-0.05, 0) is 60.2 Å². The van der Waals surface area contributed by atoms with E-state index in [2.05, 4.69) is 5.32 Å². The Morgan fingerprint density at radius 2 is 1.28 bits per heavy atom. The van der Waals surface area contributed by atoms with Crippen molar-refractivity contribution in [3.05, 3.63) is 117 Å². The molecule has 4 aromatic rings. The summed E-state index contributed by atoms with van der Waals surface area (Å²) in [6.07, 6.45) is 0. The Kier molecular flexibility index (Phi) is 7.43. The second-order valence-electron chi connectivity index (χ2n) is 7.06. The van der Waals surface area contributed by atoms with Crippen LogP contribution in [0.5, 0.6) is 17.2 Å². The van der Waals surface area contributed by atoms with Crippen molar-refractivity contribution in [3.8, 4) is 17.2 Å². The van der Waals surface area contributed by atoms with E-state index < -0.39 is 0 Å². The first kappa shape index (κ1) is 22.3. The number of rotatable bonds is 8. The van der Waals surface area contributed by atoms with E-state index in [1.807, 2.05) is 91.0 Å². The minimum absolute atomic E-state index is 0.286. The van der Waals surface area contributed by atoms with Gasteiger partial charge in [0.15, 0.2) is 5.75 Å². The summed E-state index contributed by atoms with van der Waals surface area (Å²) >= 11 is 19.0. The number of ether oxygens (including phenoxy) is 2. The van der Waals surface area contributed by atoms with Crippen LogP contribution in [-0.4, -0.2) is 0 Å². The van der Waals surface area contributed by atoms with Gasteiger partial charge in [-0.1, -0.05) is 71.2 Å². The zero-order chi connectivity index (χ0) is 22.3. The first-order chi connectivity index (χ1) is 15.6. The third-order valence-corrected chi connectivity index (χ3v) is 5.65. The Morgan fingerprint density at radius 3 is 1.97 bits per heavy atom. The highest BCUT2D eigenvalue weighted by Gasteiger charge is 2.11. The predicted octanol–water partition coefficient (Wildman–Crippen LogP) is 8.63. The maximum atomic E-state index is 6.43. The molecule has 1 N–H and O–H groups in total. The summed E-state index contributed by atoms with van der Waals surface area (Å²) in [4.78, 5) is 0. The molecule has 0 saturated heterocycles. The van der Waals surface area contributed by atoms with Crippen molar-refractivity contribution in [1.29, 1.82) is 0 Å². The highest BCUT2D eigenvalue weighted by atomic mass is 35.5. The molecule has 0 heterocycles. The predicted molar refractivity (Wildman–Crippen MR) is 133 cm³/mol. The van der Waals surface area contributed by atoms with E-state index in [4.69, 9.17) is 44.3 Å². The number of para-hydroxylation sites is 1. The Labute approximate surface area is 202 Å². The van der Waals surface area contributed by atoms with Crippen LogP contribution in [0.1, 0.15) is 11.1 Å². The number of hydrogen-bond acceptors (Lipinski definition) is 3. The molecule has 6 heteroatoms. The number of anilines is 1. The first-order valence-electron chi connectivity index (χ1n) is 9.99. The zero-order valence-electron chi connectivity index (χ0n) is 17.0. The number of halogens is 3. The molecule has 0 atom stereocenters. The van der Waals surface area contributed by atoms with Gasteiger partial charge in [-0.15, -0.1) is 0 Å². The molecular formula is C26H20Cl3NO2. The van der Waals surface area contributed by atoms with Gasteiger partial charge in [0.1, 0.15) is 18.1 Å². The van der Waals surface area contributed by atoms with Gasteiger partial charge in [0.25, 0.3) is 0 Å². The van der Waals surface area contributed by atoms with Gasteiger partial charge in [0.05, 0.1) is 10.0 Å². The molecule has 32 heavy (non-hydrogen) atoms. The minimum atomic E-state index is 0.286. The molecule has 0 spiro atoms. The molecular weight excluding hydrogens is 465 g/mol. The van der Waals surface area contributed by atoms with Crippen molar-refractivity contribution in [2.24, 2.45) is 0 Å². The maximum absolute atomic E-state index is 6.43. The Hall–Kier alpha value is -2.85. The summed E-state index contributed by atoms with van der Waals surface area (Å²) in [5.74, 6) is 2.02. The Morgan fingerprint density at radius 1 is 0.656 bits per heavy atom. The third kappa shape index (κ3) is 5.89.